The quantitative estimate of drug-likeness (QED) is 0.894. The topological polar surface area (TPSA) is 65.2 Å². The first-order valence-electron chi connectivity index (χ1n) is 5.82. The summed E-state index contributed by atoms with van der Waals surface area (Å²) in [4.78, 5) is 15.3. The van der Waals surface area contributed by atoms with E-state index < -0.39 is 0 Å². The molecule has 1 heterocycles. The SMILES string of the molecule is COc1ccc2c(C)cc(CCC(N)=O)nc2c1. The Hall–Kier alpha value is -2.10. The van der Waals surface area contributed by atoms with Crippen LogP contribution in [0.5, 0.6) is 5.75 Å². The van der Waals surface area contributed by atoms with E-state index in [1.807, 2.05) is 31.2 Å². The predicted octanol–water partition coefficient (Wildman–Crippen LogP) is 1.97. The first kappa shape index (κ1) is 12.4. The number of rotatable bonds is 4. The molecular formula is C14H16N2O2. The maximum Gasteiger partial charge on any atom is 0.217 e. The number of ether oxygens (including phenoxy) is 1. The summed E-state index contributed by atoms with van der Waals surface area (Å²) in [5.74, 6) is 0.474. The van der Waals surface area contributed by atoms with Crippen molar-refractivity contribution in [2.45, 2.75) is 19.8 Å². The summed E-state index contributed by atoms with van der Waals surface area (Å²) in [5.41, 5.74) is 8.06. The van der Waals surface area contributed by atoms with Gasteiger partial charge in [0.05, 0.1) is 12.6 Å². The van der Waals surface area contributed by atoms with Gasteiger partial charge in [-0.3, -0.25) is 9.78 Å². The molecule has 0 atom stereocenters. The molecule has 1 amide bonds. The first-order valence-corrected chi connectivity index (χ1v) is 5.82. The zero-order valence-electron chi connectivity index (χ0n) is 10.6. The smallest absolute Gasteiger partial charge is 0.217 e. The number of hydrogen-bond acceptors (Lipinski definition) is 3. The molecule has 0 bridgehead atoms. The molecule has 18 heavy (non-hydrogen) atoms. The molecule has 94 valence electrons. The van der Waals surface area contributed by atoms with Crippen LogP contribution < -0.4 is 10.5 Å². The third-order valence-corrected chi connectivity index (χ3v) is 2.90. The summed E-state index contributed by atoms with van der Waals surface area (Å²) in [5, 5.41) is 1.10. The van der Waals surface area contributed by atoms with E-state index >= 15 is 0 Å². The lowest BCUT2D eigenvalue weighted by molar-refractivity contribution is -0.118. The van der Waals surface area contributed by atoms with Gasteiger partial charge in [-0.1, -0.05) is 0 Å². The Morgan fingerprint density at radius 3 is 2.83 bits per heavy atom. The van der Waals surface area contributed by atoms with Crippen LogP contribution in [0, 0.1) is 6.92 Å². The summed E-state index contributed by atoms with van der Waals surface area (Å²) in [6.45, 7) is 2.03. The molecule has 0 aliphatic rings. The monoisotopic (exact) mass is 244 g/mol. The fourth-order valence-corrected chi connectivity index (χ4v) is 1.96. The molecule has 2 aromatic rings. The van der Waals surface area contributed by atoms with Gasteiger partial charge in [0.2, 0.25) is 5.91 Å². The molecule has 0 unspecified atom stereocenters. The van der Waals surface area contributed by atoms with Gasteiger partial charge in [-0.2, -0.15) is 0 Å². The van der Waals surface area contributed by atoms with Crippen molar-refractivity contribution in [3.05, 3.63) is 35.5 Å². The van der Waals surface area contributed by atoms with Gasteiger partial charge in [0.15, 0.2) is 0 Å². The van der Waals surface area contributed by atoms with Gasteiger partial charge in [0.25, 0.3) is 0 Å². The van der Waals surface area contributed by atoms with Crippen LogP contribution in [0.4, 0.5) is 0 Å². The lowest BCUT2D eigenvalue weighted by Gasteiger charge is -2.07. The molecule has 0 saturated carbocycles. The van der Waals surface area contributed by atoms with Crippen molar-refractivity contribution in [2.75, 3.05) is 7.11 Å². The molecular weight excluding hydrogens is 228 g/mol. The average molecular weight is 244 g/mol. The highest BCUT2D eigenvalue weighted by molar-refractivity contribution is 5.83. The molecule has 0 saturated heterocycles. The van der Waals surface area contributed by atoms with Gasteiger partial charge in [-0.15, -0.1) is 0 Å². The first-order chi connectivity index (χ1) is 8.60. The number of nitrogens with two attached hydrogens (primary N) is 1. The second-order valence-corrected chi connectivity index (χ2v) is 4.28. The highest BCUT2D eigenvalue weighted by atomic mass is 16.5. The molecule has 4 nitrogen and oxygen atoms in total. The highest BCUT2D eigenvalue weighted by Gasteiger charge is 2.05. The number of nitrogens with zero attached hydrogens (tertiary/aromatic N) is 1. The van der Waals surface area contributed by atoms with Crippen LogP contribution >= 0.6 is 0 Å². The van der Waals surface area contributed by atoms with Crippen molar-refractivity contribution >= 4 is 16.8 Å². The number of pyridine rings is 1. The number of benzene rings is 1. The van der Waals surface area contributed by atoms with E-state index in [1.165, 1.54) is 0 Å². The molecule has 0 radical (unpaired) electrons. The van der Waals surface area contributed by atoms with E-state index in [2.05, 4.69) is 4.98 Å². The largest absolute Gasteiger partial charge is 0.497 e. The number of primary amides is 1. The normalized spacial score (nSPS) is 10.6. The standard InChI is InChI=1S/C14H16N2O2/c1-9-7-10(3-6-14(15)17)16-13-8-11(18-2)4-5-12(9)13/h4-5,7-8H,3,6H2,1-2H3,(H2,15,17). The van der Waals surface area contributed by atoms with Gasteiger partial charge in [0, 0.05) is 23.6 Å². The maximum absolute atomic E-state index is 10.8. The van der Waals surface area contributed by atoms with E-state index in [0.717, 1.165) is 27.9 Å². The van der Waals surface area contributed by atoms with Crippen LogP contribution in [0.1, 0.15) is 17.7 Å². The molecule has 2 N–H and O–H groups in total. The number of fused-ring (bicyclic) bond motifs is 1. The predicted molar refractivity (Wildman–Crippen MR) is 70.5 cm³/mol. The molecule has 1 aromatic carbocycles. The van der Waals surface area contributed by atoms with Crippen LogP contribution in [0.15, 0.2) is 24.3 Å². The van der Waals surface area contributed by atoms with Crippen LogP contribution in [-0.4, -0.2) is 18.0 Å². The van der Waals surface area contributed by atoms with Crippen molar-refractivity contribution in [3.63, 3.8) is 0 Å². The van der Waals surface area contributed by atoms with E-state index in [1.54, 1.807) is 7.11 Å². The van der Waals surface area contributed by atoms with Crippen LogP contribution in [0.2, 0.25) is 0 Å². The second kappa shape index (κ2) is 5.04. The minimum absolute atomic E-state index is 0.305. The summed E-state index contributed by atoms with van der Waals surface area (Å²) in [7, 11) is 1.63. The van der Waals surface area contributed by atoms with Crippen LogP contribution in [0.25, 0.3) is 10.9 Å². The minimum Gasteiger partial charge on any atom is -0.497 e. The Labute approximate surface area is 106 Å². The number of carbonyl (C=O) groups is 1. The van der Waals surface area contributed by atoms with Crippen molar-refractivity contribution in [1.29, 1.82) is 0 Å². The molecule has 2 rings (SSSR count). The van der Waals surface area contributed by atoms with Crippen molar-refractivity contribution < 1.29 is 9.53 Å². The number of hydrogen-bond donors (Lipinski definition) is 1. The number of methoxy groups -OCH3 is 1. The summed E-state index contributed by atoms with van der Waals surface area (Å²) < 4.78 is 5.19. The maximum atomic E-state index is 10.8. The Balaban J connectivity index is 2.42. The molecule has 1 aromatic heterocycles. The summed E-state index contributed by atoms with van der Waals surface area (Å²) in [6.07, 6.45) is 0.894. The van der Waals surface area contributed by atoms with Crippen molar-refractivity contribution in [2.24, 2.45) is 5.73 Å². The number of amides is 1. The van der Waals surface area contributed by atoms with E-state index in [-0.39, 0.29) is 5.91 Å². The van der Waals surface area contributed by atoms with Crippen molar-refractivity contribution in [3.8, 4) is 5.75 Å². The highest BCUT2D eigenvalue weighted by Crippen LogP contribution is 2.23. The van der Waals surface area contributed by atoms with Gasteiger partial charge in [0.1, 0.15) is 5.75 Å². The van der Waals surface area contributed by atoms with Gasteiger partial charge >= 0.3 is 0 Å². The van der Waals surface area contributed by atoms with Gasteiger partial charge in [-0.25, -0.2) is 0 Å². The summed E-state index contributed by atoms with van der Waals surface area (Å²) >= 11 is 0. The molecule has 4 heteroatoms. The summed E-state index contributed by atoms with van der Waals surface area (Å²) in [6, 6.07) is 7.81. The van der Waals surface area contributed by atoms with Gasteiger partial charge < -0.3 is 10.5 Å². The lowest BCUT2D eigenvalue weighted by atomic mass is 10.1. The Morgan fingerprint density at radius 2 is 2.17 bits per heavy atom. The Kier molecular flexibility index (Phi) is 3.46. The van der Waals surface area contributed by atoms with Crippen LogP contribution in [-0.2, 0) is 11.2 Å². The number of aryl methyl sites for hydroxylation is 2. The molecule has 0 aliphatic carbocycles. The average Bonchev–Trinajstić information content (AvgIpc) is 2.35. The minimum atomic E-state index is -0.305. The molecule has 0 fully saturated rings. The number of carbonyl (C=O) groups excluding carboxylic acids is 1. The molecule has 0 aliphatic heterocycles. The fraction of sp³-hybridized carbons (Fsp3) is 0.286. The zero-order chi connectivity index (χ0) is 13.1. The van der Waals surface area contributed by atoms with E-state index in [4.69, 9.17) is 10.5 Å². The van der Waals surface area contributed by atoms with E-state index in [9.17, 15) is 4.79 Å². The third-order valence-electron chi connectivity index (χ3n) is 2.90. The number of aromatic nitrogens is 1. The van der Waals surface area contributed by atoms with Crippen molar-refractivity contribution in [1.82, 2.24) is 4.98 Å². The fourth-order valence-electron chi connectivity index (χ4n) is 1.96. The second-order valence-electron chi connectivity index (χ2n) is 4.28. The van der Waals surface area contributed by atoms with E-state index in [0.29, 0.717) is 12.8 Å². The Morgan fingerprint density at radius 1 is 1.39 bits per heavy atom. The Bertz CT molecular complexity index is 594. The lowest BCUT2D eigenvalue weighted by Crippen LogP contribution is -2.11. The zero-order valence-corrected chi connectivity index (χ0v) is 10.6. The van der Waals surface area contributed by atoms with Crippen LogP contribution in [0.3, 0.4) is 0 Å². The molecule has 0 spiro atoms. The van der Waals surface area contributed by atoms with Gasteiger partial charge in [-0.05, 0) is 37.1 Å². The third kappa shape index (κ3) is 2.59.